The Morgan fingerprint density at radius 1 is 0.792 bits per heavy atom. The first-order chi connectivity index (χ1) is 25.6. The van der Waals surface area contributed by atoms with Crippen LogP contribution in [0.4, 0.5) is 22.0 Å². The molecule has 272 valence electrons. The highest BCUT2D eigenvalue weighted by molar-refractivity contribution is 8.01. The first-order valence-corrected chi connectivity index (χ1v) is 18.4. The molecule has 53 heavy (non-hydrogen) atoms. The number of hydrogen-bond donors (Lipinski definition) is 2. The Kier molecular flexibility index (Phi) is 10.9. The lowest BCUT2D eigenvalue weighted by Gasteiger charge is -2.41. The molecule has 1 fully saturated rings. The molecule has 4 unspecified atom stereocenters. The number of thioether (sulfide) groups is 1. The van der Waals surface area contributed by atoms with Crippen LogP contribution in [-0.2, 0) is 22.6 Å². The van der Waals surface area contributed by atoms with Crippen molar-refractivity contribution in [3.63, 3.8) is 0 Å². The van der Waals surface area contributed by atoms with E-state index in [-0.39, 0.29) is 31.3 Å². The van der Waals surface area contributed by atoms with Crippen LogP contribution < -0.4 is 5.32 Å². The quantitative estimate of drug-likeness (QED) is 0.0627. The molecule has 0 radical (unpaired) electrons. The number of halogens is 5. The number of aliphatic hydroxyl groups is 1. The van der Waals surface area contributed by atoms with Crippen molar-refractivity contribution >= 4 is 39.2 Å². The molecule has 6 aromatic rings. The SMILES string of the molecule is CC1C(CSc2nc3ccccc3s2)OC(c2ccc(-c3cccc(CNC(=O)c4c(F)c(F)c(F)c(F)c4F)c3)cc2)OC1c1ccc(CO)cc1. The fraction of sp³-hybridized carbons (Fsp3) is 0.200. The molecular weight excluding hydrogens is 732 g/mol. The maximum absolute atomic E-state index is 14.1. The molecule has 0 aliphatic carbocycles. The van der Waals surface area contributed by atoms with Crippen molar-refractivity contribution in [2.75, 3.05) is 5.75 Å². The van der Waals surface area contributed by atoms with E-state index in [1.807, 2.05) is 72.8 Å². The van der Waals surface area contributed by atoms with Gasteiger partial charge in [-0.25, -0.2) is 26.9 Å². The number of rotatable bonds is 10. The molecule has 6 nitrogen and oxygen atoms in total. The van der Waals surface area contributed by atoms with Gasteiger partial charge in [0, 0.05) is 23.8 Å². The van der Waals surface area contributed by atoms with Crippen LogP contribution in [0.1, 0.15) is 51.9 Å². The molecule has 5 aromatic carbocycles. The average molecular weight is 763 g/mol. The zero-order valence-electron chi connectivity index (χ0n) is 28.0. The van der Waals surface area contributed by atoms with Crippen LogP contribution in [-0.4, -0.2) is 27.9 Å². The Labute approximate surface area is 309 Å². The maximum Gasteiger partial charge on any atom is 0.257 e. The molecule has 1 aliphatic rings. The minimum atomic E-state index is -2.33. The highest BCUT2D eigenvalue weighted by Gasteiger charge is 2.38. The van der Waals surface area contributed by atoms with E-state index in [9.17, 15) is 31.9 Å². The van der Waals surface area contributed by atoms with Crippen LogP contribution in [0, 0.1) is 35.0 Å². The number of nitrogens with zero attached hydrogens (tertiary/aromatic N) is 1. The molecular formula is C40H31F5N2O4S2. The first kappa shape index (κ1) is 36.7. The molecule has 0 bridgehead atoms. The fourth-order valence-electron chi connectivity index (χ4n) is 6.14. The summed E-state index contributed by atoms with van der Waals surface area (Å²) in [5, 5.41) is 11.8. The Bertz CT molecular complexity index is 2210. The number of carbonyl (C=O) groups excluding carboxylic acids is 1. The molecule has 0 saturated carbocycles. The second kappa shape index (κ2) is 15.7. The molecule has 13 heteroatoms. The predicted octanol–water partition coefficient (Wildman–Crippen LogP) is 9.66. The Morgan fingerprint density at radius 3 is 2.17 bits per heavy atom. The number of amides is 1. The number of hydrogen-bond acceptors (Lipinski definition) is 7. The van der Waals surface area contributed by atoms with E-state index in [1.165, 1.54) is 0 Å². The summed E-state index contributed by atoms with van der Waals surface area (Å²) in [6.07, 6.45) is -1.17. The highest BCUT2D eigenvalue weighted by Crippen LogP contribution is 2.44. The zero-order chi connectivity index (χ0) is 37.2. The number of aliphatic hydroxyl groups excluding tert-OH is 1. The summed E-state index contributed by atoms with van der Waals surface area (Å²) in [6.45, 7) is 1.81. The number of thiazole rings is 1. The number of nitrogens with one attached hydrogen (secondary N) is 1. The third-order valence-corrected chi connectivity index (χ3v) is 11.4. The summed E-state index contributed by atoms with van der Waals surface area (Å²) >= 11 is 3.29. The van der Waals surface area contributed by atoms with Crippen LogP contribution in [0.25, 0.3) is 21.3 Å². The molecule has 2 heterocycles. The van der Waals surface area contributed by atoms with Crippen LogP contribution in [0.2, 0.25) is 0 Å². The van der Waals surface area contributed by atoms with Gasteiger partial charge in [0.15, 0.2) is 33.9 Å². The number of ether oxygens (including phenoxy) is 2. The van der Waals surface area contributed by atoms with Crippen LogP contribution in [0.15, 0.2) is 101 Å². The standard InChI is InChI=1S/C40H31F5N2O4S2/c1-21-29(20-52-40-47-28-7-2-3-8-30(28)53-40)50-39(51-37(21)25-11-9-22(19-48)10-12-25)26-15-13-24(14-16-26)27-6-4-5-23(17-27)18-46-38(49)31-32(41)34(43)36(45)35(44)33(31)42/h2-17,21,29,37,39,48H,18-20H2,1H3,(H,46,49). The summed E-state index contributed by atoms with van der Waals surface area (Å²) in [6, 6.07) is 30.2. The van der Waals surface area contributed by atoms with E-state index in [1.54, 1.807) is 41.3 Å². The lowest BCUT2D eigenvalue weighted by Crippen LogP contribution is -2.38. The molecule has 7 rings (SSSR count). The number of carbonyl (C=O) groups is 1. The number of aromatic nitrogens is 1. The van der Waals surface area contributed by atoms with Crippen molar-refractivity contribution in [2.24, 2.45) is 5.92 Å². The minimum Gasteiger partial charge on any atom is -0.392 e. The van der Waals surface area contributed by atoms with Gasteiger partial charge in [-0.2, -0.15) is 0 Å². The summed E-state index contributed by atoms with van der Waals surface area (Å²) in [5.74, 6) is -11.9. The topological polar surface area (TPSA) is 80.7 Å². The highest BCUT2D eigenvalue weighted by atomic mass is 32.2. The van der Waals surface area contributed by atoms with Gasteiger partial charge in [-0.1, -0.05) is 97.5 Å². The number of fused-ring (bicyclic) bond motifs is 1. The smallest absolute Gasteiger partial charge is 0.257 e. The summed E-state index contributed by atoms with van der Waals surface area (Å²) in [7, 11) is 0. The number of benzene rings is 5. The van der Waals surface area contributed by atoms with Gasteiger partial charge in [0.25, 0.3) is 5.91 Å². The van der Waals surface area contributed by atoms with E-state index in [4.69, 9.17) is 14.5 Å². The van der Waals surface area contributed by atoms with Crippen molar-refractivity contribution in [1.82, 2.24) is 10.3 Å². The Balaban J connectivity index is 1.07. The lowest BCUT2D eigenvalue weighted by molar-refractivity contribution is -0.268. The predicted molar refractivity (Wildman–Crippen MR) is 193 cm³/mol. The molecule has 1 saturated heterocycles. The van der Waals surface area contributed by atoms with Gasteiger partial charge in [-0.3, -0.25) is 4.79 Å². The maximum atomic E-state index is 14.1. The molecule has 1 aromatic heterocycles. The van der Waals surface area contributed by atoms with E-state index < -0.39 is 46.8 Å². The number of para-hydroxylation sites is 1. The molecule has 4 atom stereocenters. The second-order valence-electron chi connectivity index (χ2n) is 12.5. The van der Waals surface area contributed by atoms with Crippen molar-refractivity contribution < 1.29 is 41.3 Å². The Morgan fingerprint density at radius 2 is 1.47 bits per heavy atom. The van der Waals surface area contributed by atoms with Gasteiger partial charge in [0.1, 0.15) is 5.56 Å². The van der Waals surface area contributed by atoms with Crippen LogP contribution in [0.3, 0.4) is 0 Å². The molecule has 1 aliphatic heterocycles. The van der Waals surface area contributed by atoms with Crippen molar-refractivity contribution in [2.45, 2.75) is 42.9 Å². The van der Waals surface area contributed by atoms with Crippen LogP contribution in [0.5, 0.6) is 0 Å². The summed E-state index contributed by atoms with van der Waals surface area (Å²) < 4.78 is 84.3. The lowest BCUT2D eigenvalue weighted by atomic mass is 9.91. The first-order valence-electron chi connectivity index (χ1n) is 16.6. The van der Waals surface area contributed by atoms with Gasteiger partial charge in [0.2, 0.25) is 5.82 Å². The van der Waals surface area contributed by atoms with Gasteiger partial charge in [-0.05, 0) is 46.0 Å². The van der Waals surface area contributed by atoms with E-state index >= 15 is 0 Å². The summed E-state index contributed by atoms with van der Waals surface area (Å²) in [4.78, 5) is 17.2. The van der Waals surface area contributed by atoms with E-state index in [0.717, 1.165) is 42.4 Å². The van der Waals surface area contributed by atoms with Crippen molar-refractivity contribution in [3.8, 4) is 11.1 Å². The minimum absolute atomic E-state index is 0.00954. The van der Waals surface area contributed by atoms with Gasteiger partial charge in [-0.15, -0.1) is 11.3 Å². The zero-order valence-corrected chi connectivity index (χ0v) is 29.6. The monoisotopic (exact) mass is 762 g/mol. The fourth-order valence-corrected chi connectivity index (χ4v) is 8.40. The van der Waals surface area contributed by atoms with Gasteiger partial charge < -0.3 is 19.9 Å². The largest absolute Gasteiger partial charge is 0.392 e. The average Bonchev–Trinajstić information content (AvgIpc) is 3.62. The van der Waals surface area contributed by atoms with Crippen LogP contribution >= 0.6 is 23.1 Å². The third-order valence-electron chi connectivity index (χ3n) is 9.10. The normalized spacial score (nSPS) is 18.7. The van der Waals surface area contributed by atoms with Gasteiger partial charge >= 0.3 is 0 Å². The molecule has 0 spiro atoms. The third kappa shape index (κ3) is 7.71. The van der Waals surface area contributed by atoms with Crippen molar-refractivity contribution in [3.05, 3.63) is 154 Å². The van der Waals surface area contributed by atoms with Gasteiger partial charge in [0.05, 0.1) is 29.0 Å². The second-order valence-corrected chi connectivity index (χ2v) is 14.8. The molecule has 2 N–H and O–H groups in total. The van der Waals surface area contributed by atoms with E-state index in [2.05, 4.69) is 18.3 Å². The van der Waals surface area contributed by atoms with Crippen molar-refractivity contribution in [1.29, 1.82) is 0 Å². The molecule has 1 amide bonds. The Hall–Kier alpha value is -4.66. The van der Waals surface area contributed by atoms with E-state index in [0.29, 0.717) is 11.3 Å². The summed E-state index contributed by atoms with van der Waals surface area (Å²) in [5.41, 5.74) is 4.07.